The van der Waals surface area contributed by atoms with Gasteiger partial charge in [0.1, 0.15) is 6.07 Å². The molecule has 0 saturated carbocycles. The van der Waals surface area contributed by atoms with Crippen molar-refractivity contribution in [2.45, 2.75) is 13.8 Å². The maximum absolute atomic E-state index is 11.0. The zero-order valence-electron chi connectivity index (χ0n) is 10.6. The van der Waals surface area contributed by atoms with Gasteiger partial charge in [-0.3, -0.25) is 20.2 Å². The molecule has 1 aromatic carbocycles. The van der Waals surface area contributed by atoms with E-state index < -0.39 is 15.5 Å². The highest BCUT2D eigenvalue weighted by Crippen LogP contribution is 2.31. The number of hydrogen-bond donors (Lipinski definition) is 1. The first-order valence-electron chi connectivity index (χ1n) is 5.61. The number of nitro benzene ring substituents is 2. The van der Waals surface area contributed by atoms with E-state index in [9.17, 15) is 20.2 Å². The van der Waals surface area contributed by atoms with Crippen LogP contribution in [0.3, 0.4) is 0 Å². The van der Waals surface area contributed by atoms with E-state index in [-0.39, 0.29) is 11.4 Å². The smallest absolute Gasteiger partial charge is 0.258 e. The molecule has 9 nitrogen and oxygen atoms in total. The molecule has 102 valence electrons. The Labute approximate surface area is 108 Å². The summed E-state index contributed by atoms with van der Waals surface area (Å²) in [5, 5.41) is 23.1. The summed E-state index contributed by atoms with van der Waals surface area (Å²) in [4.78, 5) is 21.0. The lowest BCUT2D eigenvalue weighted by molar-refractivity contribution is -0.698. The third-order valence-corrected chi connectivity index (χ3v) is 2.61. The van der Waals surface area contributed by atoms with Crippen LogP contribution in [0.2, 0.25) is 0 Å². The zero-order chi connectivity index (χ0) is 14.6. The fourth-order valence-corrected chi connectivity index (χ4v) is 1.61. The maximum Gasteiger partial charge on any atom is 0.352 e. The summed E-state index contributed by atoms with van der Waals surface area (Å²) in [6.07, 6.45) is 0. The maximum atomic E-state index is 11.0. The number of hydrazine groups is 1. The van der Waals surface area contributed by atoms with Crippen LogP contribution in [0.4, 0.5) is 17.1 Å². The molecule has 0 aliphatic rings. The van der Waals surface area contributed by atoms with Crippen molar-refractivity contribution < 1.29 is 14.7 Å². The number of non-ortho nitro benzene ring substituents is 1. The van der Waals surface area contributed by atoms with Crippen molar-refractivity contribution in [2.24, 2.45) is 0 Å². The van der Waals surface area contributed by atoms with E-state index in [0.717, 1.165) is 16.9 Å². The fourth-order valence-electron chi connectivity index (χ4n) is 1.61. The highest BCUT2D eigenvalue weighted by molar-refractivity contribution is 5.57. The topological polar surface area (TPSA) is 116 Å². The van der Waals surface area contributed by atoms with Gasteiger partial charge >= 0.3 is 11.4 Å². The van der Waals surface area contributed by atoms with E-state index in [1.807, 2.05) is 13.8 Å². The Kier molecular flexibility index (Phi) is 4.46. The molecule has 1 rings (SSSR count). The highest BCUT2D eigenvalue weighted by atomic mass is 16.6. The lowest BCUT2D eigenvalue weighted by Gasteiger charge is -2.12. The first kappa shape index (κ1) is 14.5. The molecule has 0 radical (unpaired) electrons. The molecule has 19 heavy (non-hydrogen) atoms. The van der Waals surface area contributed by atoms with E-state index in [1.165, 1.54) is 6.07 Å². The normalized spacial score (nSPS) is 10.0. The number of hydrogen-bond acceptors (Lipinski definition) is 5. The summed E-state index contributed by atoms with van der Waals surface area (Å²) < 4.78 is 0. The molecule has 0 aromatic heterocycles. The Bertz CT molecular complexity index is 527. The van der Waals surface area contributed by atoms with Crippen LogP contribution in [0.1, 0.15) is 13.8 Å². The van der Waals surface area contributed by atoms with Gasteiger partial charge in [0.25, 0.3) is 5.69 Å². The Morgan fingerprint density at radius 1 is 1.11 bits per heavy atom. The summed E-state index contributed by atoms with van der Waals surface area (Å²) in [6.45, 7) is 4.60. The molecule has 1 N–H and O–H groups in total. The van der Waals surface area contributed by atoms with Gasteiger partial charge in [0.2, 0.25) is 0 Å². The van der Waals surface area contributed by atoms with E-state index in [0.29, 0.717) is 13.1 Å². The molecular weight excluding hydrogens is 254 g/mol. The van der Waals surface area contributed by atoms with Crippen LogP contribution < -0.4 is 0 Å². The lowest BCUT2D eigenvalue weighted by atomic mass is 10.2. The summed E-state index contributed by atoms with van der Waals surface area (Å²) in [5.74, 6) is 0. The number of nitro groups is 2. The SMILES string of the molecule is CCN(CC)[N+](=N)c1ccc([N+](=O)[O-])cc1[N+](=O)[O-]. The predicted molar refractivity (Wildman–Crippen MR) is 65.3 cm³/mol. The molecule has 0 unspecified atom stereocenters. The monoisotopic (exact) mass is 268 g/mol. The predicted octanol–water partition coefficient (Wildman–Crippen LogP) is 2.43. The molecule has 0 aliphatic carbocycles. The lowest BCUT2D eigenvalue weighted by Crippen LogP contribution is -2.30. The van der Waals surface area contributed by atoms with Crippen molar-refractivity contribution in [1.82, 2.24) is 5.01 Å². The average molecular weight is 268 g/mol. The van der Waals surface area contributed by atoms with Gasteiger partial charge in [0, 0.05) is 16.9 Å². The Morgan fingerprint density at radius 3 is 2.11 bits per heavy atom. The van der Waals surface area contributed by atoms with Gasteiger partial charge in [0.15, 0.2) is 0 Å². The van der Waals surface area contributed by atoms with Crippen molar-refractivity contribution in [2.75, 3.05) is 13.1 Å². The molecule has 0 aliphatic heterocycles. The summed E-state index contributed by atoms with van der Waals surface area (Å²) in [7, 11) is 0. The molecule has 0 spiro atoms. The summed E-state index contributed by atoms with van der Waals surface area (Å²) in [5.41, 5.74) is 7.03. The van der Waals surface area contributed by atoms with Gasteiger partial charge in [-0.05, 0) is 19.4 Å². The third kappa shape index (κ3) is 3.00. The largest absolute Gasteiger partial charge is 0.352 e. The van der Waals surface area contributed by atoms with E-state index in [2.05, 4.69) is 0 Å². The Balaban J connectivity index is 3.31. The van der Waals surface area contributed by atoms with E-state index in [1.54, 1.807) is 5.01 Å². The van der Waals surface area contributed by atoms with Crippen LogP contribution in [0, 0.1) is 25.8 Å². The number of nitrogens with one attached hydrogen (secondary N) is 1. The van der Waals surface area contributed by atoms with Crippen LogP contribution in [-0.4, -0.2) is 32.8 Å². The van der Waals surface area contributed by atoms with Gasteiger partial charge in [0.05, 0.1) is 22.9 Å². The van der Waals surface area contributed by atoms with Crippen LogP contribution in [0.25, 0.3) is 0 Å². The van der Waals surface area contributed by atoms with E-state index >= 15 is 0 Å². The van der Waals surface area contributed by atoms with Crippen molar-refractivity contribution in [3.63, 3.8) is 0 Å². The molecule has 1 aromatic rings. The Morgan fingerprint density at radius 2 is 1.68 bits per heavy atom. The average Bonchev–Trinajstić information content (AvgIpc) is 2.39. The first-order valence-corrected chi connectivity index (χ1v) is 5.61. The fraction of sp³-hybridized carbons (Fsp3) is 0.400. The van der Waals surface area contributed by atoms with Crippen LogP contribution in [0.15, 0.2) is 18.2 Å². The minimum atomic E-state index is -0.729. The molecule has 0 bridgehead atoms. The molecule has 0 heterocycles. The Hall–Kier alpha value is -2.58. The second-order valence-corrected chi connectivity index (χ2v) is 3.64. The number of nitrogens with zero attached hydrogens (tertiary/aromatic N) is 4. The van der Waals surface area contributed by atoms with Crippen molar-refractivity contribution >= 4 is 17.1 Å². The minimum Gasteiger partial charge on any atom is -0.258 e. The molecule has 0 fully saturated rings. The minimum absolute atomic E-state index is 0.000648. The molecule has 0 amide bonds. The van der Waals surface area contributed by atoms with Gasteiger partial charge in [-0.2, -0.15) is 5.01 Å². The molecule has 0 atom stereocenters. The summed E-state index contributed by atoms with van der Waals surface area (Å²) >= 11 is 0. The first-order chi connectivity index (χ1) is 8.92. The third-order valence-electron chi connectivity index (χ3n) is 2.61. The summed E-state index contributed by atoms with van der Waals surface area (Å²) in [6, 6.07) is 3.22. The van der Waals surface area contributed by atoms with Crippen LogP contribution >= 0.6 is 0 Å². The van der Waals surface area contributed by atoms with Crippen LogP contribution in [0.5, 0.6) is 0 Å². The molecule has 9 heteroatoms. The van der Waals surface area contributed by atoms with Crippen molar-refractivity contribution in [3.05, 3.63) is 38.4 Å². The quantitative estimate of drug-likeness (QED) is 0.368. The molecule has 0 saturated heterocycles. The second-order valence-electron chi connectivity index (χ2n) is 3.64. The van der Waals surface area contributed by atoms with Gasteiger partial charge < -0.3 is 0 Å². The van der Waals surface area contributed by atoms with Gasteiger partial charge in [-0.25, -0.2) is 0 Å². The van der Waals surface area contributed by atoms with Gasteiger partial charge in [-0.15, -0.1) is 0 Å². The number of benzene rings is 1. The van der Waals surface area contributed by atoms with Crippen molar-refractivity contribution in [1.29, 1.82) is 5.53 Å². The molecular formula is C10H14N5O4+. The van der Waals surface area contributed by atoms with Crippen LogP contribution in [-0.2, 0) is 0 Å². The van der Waals surface area contributed by atoms with Crippen molar-refractivity contribution in [3.8, 4) is 0 Å². The van der Waals surface area contributed by atoms with Gasteiger partial charge in [-0.1, -0.05) is 0 Å². The zero-order valence-corrected chi connectivity index (χ0v) is 10.6. The number of rotatable bonds is 6. The van der Waals surface area contributed by atoms with E-state index in [4.69, 9.17) is 5.53 Å². The standard InChI is InChI=1S/C10H14N5O4/c1-3-12(4-2)13(11)9-6-5-8(14(16)17)7-10(9)15(18)19/h5-7,11H,3-4H2,1-2H3/q+1. The second kappa shape index (κ2) is 5.85. The highest BCUT2D eigenvalue weighted by Gasteiger charge is 2.30.